The van der Waals surface area contributed by atoms with Crippen molar-refractivity contribution in [2.45, 2.75) is 13.0 Å². The zero-order chi connectivity index (χ0) is 14.4. The number of rotatable bonds is 5. The molecule has 0 aliphatic rings. The Morgan fingerprint density at radius 1 is 1.00 bits per heavy atom. The third-order valence-corrected chi connectivity index (χ3v) is 2.79. The average molecular weight is 294 g/mol. The van der Waals surface area contributed by atoms with Crippen molar-refractivity contribution in [3.05, 3.63) is 71.3 Å². The second-order valence-corrected chi connectivity index (χ2v) is 4.29. The number of benzene rings is 2. The fourth-order valence-corrected chi connectivity index (χ4v) is 1.84. The van der Waals surface area contributed by atoms with Crippen LogP contribution in [0.2, 0.25) is 0 Å². The maximum Gasteiger partial charge on any atom is 1.00 e. The average Bonchev–Trinajstić information content (AvgIpc) is 2.46. The molecule has 0 radical (unpaired) electrons. The molecular weight excluding hydrogens is 279 g/mol. The van der Waals surface area contributed by atoms with Gasteiger partial charge in [0.25, 0.3) is 0 Å². The van der Waals surface area contributed by atoms with E-state index in [0.717, 1.165) is 5.56 Å². The summed E-state index contributed by atoms with van der Waals surface area (Å²) in [5, 5.41) is 8.83. The normalized spacial score (nSPS) is 9.52. The van der Waals surface area contributed by atoms with E-state index in [1.807, 2.05) is 30.3 Å². The van der Waals surface area contributed by atoms with E-state index >= 15 is 0 Å². The summed E-state index contributed by atoms with van der Waals surface area (Å²) < 4.78 is 5.20. The minimum absolute atomic E-state index is 0. The minimum Gasteiger partial charge on any atom is -1.00 e. The number of carbonyl (C=O) groups is 2. The SMILES string of the molecule is O=C(O)Cc1ccccc1C(=O)OCc1ccccc1.[H-].[Na+]. The van der Waals surface area contributed by atoms with Crippen LogP contribution in [0.4, 0.5) is 0 Å². The molecule has 0 saturated carbocycles. The Kier molecular flexibility index (Phi) is 7.15. The van der Waals surface area contributed by atoms with Crippen molar-refractivity contribution < 1.29 is 50.4 Å². The second-order valence-electron chi connectivity index (χ2n) is 4.29. The molecule has 0 aromatic heterocycles. The summed E-state index contributed by atoms with van der Waals surface area (Å²) in [4.78, 5) is 22.8. The van der Waals surface area contributed by atoms with Crippen LogP contribution in [0.15, 0.2) is 54.6 Å². The van der Waals surface area contributed by atoms with Gasteiger partial charge in [0.1, 0.15) is 6.61 Å². The molecule has 0 aliphatic heterocycles. The van der Waals surface area contributed by atoms with Gasteiger partial charge < -0.3 is 11.3 Å². The van der Waals surface area contributed by atoms with Crippen molar-refractivity contribution in [3.8, 4) is 0 Å². The van der Waals surface area contributed by atoms with Gasteiger partial charge in [0.05, 0.1) is 12.0 Å². The summed E-state index contributed by atoms with van der Waals surface area (Å²) in [6, 6.07) is 15.9. The van der Waals surface area contributed by atoms with Crippen LogP contribution >= 0.6 is 0 Å². The molecule has 4 nitrogen and oxygen atoms in total. The smallest absolute Gasteiger partial charge is 1.00 e. The molecule has 0 saturated heterocycles. The standard InChI is InChI=1S/C16H14O4.Na.H/c17-15(18)10-13-8-4-5-9-14(13)16(19)20-11-12-6-2-1-3-7-12;;/h1-9H,10-11H2,(H,17,18);;/q;+1;-1. The van der Waals surface area contributed by atoms with Gasteiger partial charge in [-0.2, -0.15) is 0 Å². The van der Waals surface area contributed by atoms with Crippen LogP contribution < -0.4 is 29.6 Å². The number of esters is 1. The molecule has 21 heavy (non-hydrogen) atoms. The van der Waals surface area contributed by atoms with E-state index in [9.17, 15) is 9.59 Å². The van der Waals surface area contributed by atoms with E-state index in [1.54, 1.807) is 24.3 Å². The number of ether oxygens (including phenoxy) is 1. The molecule has 0 fully saturated rings. The first kappa shape index (κ1) is 17.4. The molecule has 0 bridgehead atoms. The van der Waals surface area contributed by atoms with E-state index < -0.39 is 11.9 Å². The number of hydrogen-bond acceptors (Lipinski definition) is 3. The molecule has 0 heterocycles. The van der Waals surface area contributed by atoms with Crippen LogP contribution in [0.25, 0.3) is 0 Å². The summed E-state index contributed by atoms with van der Waals surface area (Å²) in [6.07, 6.45) is -0.198. The predicted molar refractivity (Wildman–Crippen MR) is 74.5 cm³/mol. The Morgan fingerprint density at radius 2 is 1.62 bits per heavy atom. The molecule has 2 aromatic carbocycles. The van der Waals surface area contributed by atoms with Crippen molar-refractivity contribution in [1.29, 1.82) is 0 Å². The maximum absolute atomic E-state index is 12.0. The molecule has 1 N–H and O–H groups in total. The van der Waals surface area contributed by atoms with E-state index in [1.165, 1.54) is 0 Å². The molecule has 0 spiro atoms. The molecule has 2 rings (SSSR count). The van der Waals surface area contributed by atoms with Crippen molar-refractivity contribution >= 4 is 11.9 Å². The van der Waals surface area contributed by atoms with Gasteiger partial charge in [0.15, 0.2) is 0 Å². The van der Waals surface area contributed by atoms with E-state index in [2.05, 4.69) is 0 Å². The molecule has 5 heteroatoms. The van der Waals surface area contributed by atoms with Gasteiger partial charge >= 0.3 is 41.5 Å². The molecule has 0 aliphatic carbocycles. The minimum atomic E-state index is -0.978. The van der Waals surface area contributed by atoms with E-state index in [4.69, 9.17) is 9.84 Å². The Hall–Kier alpha value is -1.62. The Balaban J connectivity index is 0.00000220. The molecule has 0 amide bonds. The summed E-state index contributed by atoms with van der Waals surface area (Å²) in [5.74, 6) is -1.49. The summed E-state index contributed by atoms with van der Waals surface area (Å²) in [7, 11) is 0. The number of carboxylic acids is 1. The summed E-state index contributed by atoms with van der Waals surface area (Å²) in [6.45, 7) is 0.168. The Labute approximate surface area is 146 Å². The zero-order valence-electron chi connectivity index (χ0n) is 12.8. The number of carboxylic acid groups (broad SMARTS) is 1. The molecule has 104 valence electrons. The Bertz CT molecular complexity index is 617. The van der Waals surface area contributed by atoms with Crippen molar-refractivity contribution in [2.24, 2.45) is 0 Å². The van der Waals surface area contributed by atoms with E-state index in [0.29, 0.717) is 11.1 Å². The molecule has 2 aromatic rings. The van der Waals surface area contributed by atoms with Crippen LogP contribution in [0, 0.1) is 0 Å². The number of hydrogen-bond donors (Lipinski definition) is 1. The summed E-state index contributed by atoms with van der Waals surface area (Å²) >= 11 is 0. The first-order chi connectivity index (χ1) is 9.66. The quantitative estimate of drug-likeness (QED) is 0.612. The Morgan fingerprint density at radius 3 is 2.29 bits per heavy atom. The van der Waals surface area contributed by atoms with Gasteiger partial charge in [-0.1, -0.05) is 48.5 Å². The van der Waals surface area contributed by atoms with Gasteiger partial charge in [-0.05, 0) is 17.2 Å². The largest absolute Gasteiger partial charge is 1.00 e. The predicted octanol–water partition coefficient (Wildman–Crippen LogP) is -0.213. The maximum atomic E-state index is 12.0. The zero-order valence-corrected chi connectivity index (χ0v) is 13.8. The van der Waals surface area contributed by atoms with Crippen molar-refractivity contribution in [1.82, 2.24) is 0 Å². The van der Waals surface area contributed by atoms with Crippen molar-refractivity contribution in [3.63, 3.8) is 0 Å². The van der Waals surface area contributed by atoms with Gasteiger partial charge in [-0.15, -0.1) is 0 Å². The number of aliphatic carboxylic acids is 1. The van der Waals surface area contributed by atoms with E-state index in [-0.39, 0.29) is 44.0 Å². The first-order valence-corrected chi connectivity index (χ1v) is 6.17. The van der Waals surface area contributed by atoms with Crippen LogP contribution in [-0.4, -0.2) is 17.0 Å². The monoisotopic (exact) mass is 294 g/mol. The second kappa shape index (κ2) is 8.62. The fourth-order valence-electron chi connectivity index (χ4n) is 1.84. The van der Waals surface area contributed by atoms with Crippen LogP contribution in [0.1, 0.15) is 22.9 Å². The van der Waals surface area contributed by atoms with Gasteiger partial charge in [0, 0.05) is 0 Å². The summed E-state index contributed by atoms with van der Waals surface area (Å²) in [5.41, 5.74) is 1.64. The van der Waals surface area contributed by atoms with Crippen molar-refractivity contribution in [2.75, 3.05) is 0 Å². The van der Waals surface area contributed by atoms with Crippen LogP contribution in [-0.2, 0) is 22.6 Å². The third kappa shape index (κ3) is 5.34. The molecule has 0 atom stereocenters. The van der Waals surface area contributed by atoms with Gasteiger partial charge in [0.2, 0.25) is 0 Å². The van der Waals surface area contributed by atoms with Crippen LogP contribution in [0.5, 0.6) is 0 Å². The topological polar surface area (TPSA) is 63.6 Å². The third-order valence-electron chi connectivity index (χ3n) is 2.79. The number of carbonyl (C=O) groups excluding carboxylic acids is 1. The van der Waals surface area contributed by atoms with Crippen LogP contribution in [0.3, 0.4) is 0 Å². The first-order valence-electron chi connectivity index (χ1n) is 6.17. The molecular formula is C16H15NaO4. The van der Waals surface area contributed by atoms with Gasteiger partial charge in [-0.3, -0.25) is 4.79 Å². The van der Waals surface area contributed by atoms with Gasteiger partial charge in [-0.25, -0.2) is 4.79 Å². The molecule has 0 unspecified atom stereocenters. The fraction of sp³-hybridized carbons (Fsp3) is 0.125.